The number of ether oxygens (including phenoxy) is 1. The van der Waals surface area contributed by atoms with Crippen molar-refractivity contribution in [3.8, 4) is 28.7 Å². The first kappa shape index (κ1) is 12.9. The van der Waals surface area contributed by atoms with E-state index in [0.717, 1.165) is 21.3 Å². The van der Waals surface area contributed by atoms with Crippen LogP contribution in [0.5, 0.6) is 5.75 Å². The van der Waals surface area contributed by atoms with E-state index < -0.39 is 0 Å². The molecule has 2 aromatic carbocycles. The maximum Gasteiger partial charge on any atom is 0.248 e. The number of aromatic nitrogens is 2. The molecule has 0 radical (unpaired) electrons. The van der Waals surface area contributed by atoms with Crippen LogP contribution in [0.4, 0.5) is 0 Å². The highest BCUT2D eigenvalue weighted by Crippen LogP contribution is 2.26. The van der Waals surface area contributed by atoms with Gasteiger partial charge in [-0.2, -0.15) is 0 Å². The molecule has 1 heterocycles. The van der Waals surface area contributed by atoms with Gasteiger partial charge in [-0.15, -0.1) is 10.2 Å². The van der Waals surface area contributed by atoms with Crippen molar-refractivity contribution in [3.05, 3.63) is 53.0 Å². The van der Waals surface area contributed by atoms with E-state index in [0.29, 0.717) is 11.8 Å². The minimum absolute atomic E-state index is 0.474. The average Bonchev–Trinajstić information content (AvgIpc) is 2.98. The molecule has 0 N–H and O–H groups in total. The topological polar surface area (TPSA) is 48.2 Å². The molecule has 0 bridgehead atoms. The predicted molar refractivity (Wildman–Crippen MR) is 79.4 cm³/mol. The lowest BCUT2D eigenvalue weighted by atomic mass is 10.2. The Balaban J connectivity index is 1.95. The molecule has 5 heteroatoms. The zero-order chi connectivity index (χ0) is 13.9. The monoisotopic (exact) mass is 330 g/mol. The summed E-state index contributed by atoms with van der Waals surface area (Å²) in [6.07, 6.45) is 0. The second-order valence-corrected chi connectivity index (χ2v) is 5.07. The third kappa shape index (κ3) is 2.58. The van der Waals surface area contributed by atoms with Gasteiger partial charge in [0.1, 0.15) is 5.75 Å². The summed E-state index contributed by atoms with van der Waals surface area (Å²) in [6.45, 7) is 0. The fourth-order valence-electron chi connectivity index (χ4n) is 1.81. The molecule has 0 aliphatic rings. The van der Waals surface area contributed by atoms with Crippen LogP contribution in [0.1, 0.15) is 0 Å². The van der Waals surface area contributed by atoms with E-state index in [2.05, 4.69) is 26.1 Å². The SMILES string of the molecule is COc1cccc(-c2nnc(-c3ccc(Br)cc3)o2)c1. The van der Waals surface area contributed by atoms with Crippen LogP contribution in [0, 0.1) is 0 Å². The highest BCUT2D eigenvalue weighted by atomic mass is 79.9. The highest BCUT2D eigenvalue weighted by molar-refractivity contribution is 9.10. The van der Waals surface area contributed by atoms with Crippen LogP contribution >= 0.6 is 15.9 Å². The lowest BCUT2D eigenvalue weighted by molar-refractivity contribution is 0.415. The molecular formula is C15H11BrN2O2. The molecule has 0 amide bonds. The van der Waals surface area contributed by atoms with Crippen molar-refractivity contribution < 1.29 is 9.15 Å². The van der Waals surface area contributed by atoms with E-state index in [9.17, 15) is 0 Å². The van der Waals surface area contributed by atoms with Crippen LogP contribution in [0.3, 0.4) is 0 Å². The van der Waals surface area contributed by atoms with Crippen LogP contribution in [0.15, 0.2) is 57.4 Å². The van der Waals surface area contributed by atoms with Crippen molar-refractivity contribution in [1.29, 1.82) is 0 Å². The highest BCUT2D eigenvalue weighted by Gasteiger charge is 2.10. The van der Waals surface area contributed by atoms with Gasteiger partial charge in [-0.3, -0.25) is 0 Å². The van der Waals surface area contributed by atoms with Crippen molar-refractivity contribution in [2.24, 2.45) is 0 Å². The summed E-state index contributed by atoms with van der Waals surface area (Å²) >= 11 is 3.40. The van der Waals surface area contributed by atoms with Gasteiger partial charge < -0.3 is 9.15 Å². The first-order valence-corrected chi connectivity index (χ1v) is 6.79. The van der Waals surface area contributed by atoms with Crippen LogP contribution in [0.25, 0.3) is 22.9 Å². The molecule has 0 spiro atoms. The van der Waals surface area contributed by atoms with Gasteiger partial charge in [-0.05, 0) is 42.5 Å². The van der Waals surface area contributed by atoms with Gasteiger partial charge in [-0.1, -0.05) is 22.0 Å². The Morgan fingerprint density at radius 1 is 0.950 bits per heavy atom. The van der Waals surface area contributed by atoms with Gasteiger partial charge in [0.2, 0.25) is 11.8 Å². The smallest absolute Gasteiger partial charge is 0.248 e. The Hall–Kier alpha value is -2.14. The third-order valence-corrected chi connectivity index (χ3v) is 3.36. The van der Waals surface area contributed by atoms with Crippen molar-refractivity contribution in [2.45, 2.75) is 0 Å². The molecule has 0 aliphatic carbocycles. The minimum atomic E-state index is 0.474. The van der Waals surface area contributed by atoms with E-state index in [1.165, 1.54) is 0 Å². The van der Waals surface area contributed by atoms with Gasteiger partial charge in [0, 0.05) is 15.6 Å². The van der Waals surface area contributed by atoms with Gasteiger partial charge in [-0.25, -0.2) is 0 Å². The molecule has 0 saturated carbocycles. The maximum absolute atomic E-state index is 5.70. The van der Waals surface area contributed by atoms with E-state index >= 15 is 0 Å². The predicted octanol–water partition coefficient (Wildman–Crippen LogP) is 4.17. The normalized spacial score (nSPS) is 10.5. The number of methoxy groups -OCH3 is 1. The zero-order valence-corrected chi connectivity index (χ0v) is 12.3. The Kier molecular flexibility index (Phi) is 3.52. The van der Waals surface area contributed by atoms with Crippen LogP contribution < -0.4 is 4.74 Å². The van der Waals surface area contributed by atoms with Crippen molar-refractivity contribution in [1.82, 2.24) is 10.2 Å². The summed E-state index contributed by atoms with van der Waals surface area (Å²) < 4.78 is 11.9. The largest absolute Gasteiger partial charge is 0.497 e. The lowest BCUT2D eigenvalue weighted by Crippen LogP contribution is -1.83. The summed E-state index contributed by atoms with van der Waals surface area (Å²) in [6, 6.07) is 15.2. The molecule has 3 rings (SSSR count). The number of rotatable bonds is 3. The van der Waals surface area contributed by atoms with Gasteiger partial charge in [0.25, 0.3) is 0 Å². The van der Waals surface area contributed by atoms with Gasteiger partial charge in [0.15, 0.2) is 0 Å². The summed E-state index contributed by atoms with van der Waals surface area (Å²) in [5.74, 6) is 1.73. The van der Waals surface area contributed by atoms with Crippen LogP contribution in [-0.2, 0) is 0 Å². The first-order chi connectivity index (χ1) is 9.76. The Morgan fingerprint density at radius 3 is 2.35 bits per heavy atom. The molecule has 3 aromatic rings. The van der Waals surface area contributed by atoms with Crippen molar-refractivity contribution in [3.63, 3.8) is 0 Å². The average molecular weight is 331 g/mol. The summed E-state index contributed by atoms with van der Waals surface area (Å²) in [4.78, 5) is 0. The fourth-order valence-corrected chi connectivity index (χ4v) is 2.07. The van der Waals surface area contributed by atoms with Gasteiger partial charge >= 0.3 is 0 Å². The first-order valence-electron chi connectivity index (χ1n) is 6.00. The minimum Gasteiger partial charge on any atom is -0.497 e. The molecule has 1 aromatic heterocycles. The van der Waals surface area contributed by atoms with Gasteiger partial charge in [0.05, 0.1) is 7.11 Å². The third-order valence-electron chi connectivity index (χ3n) is 2.83. The number of hydrogen-bond donors (Lipinski definition) is 0. The summed E-state index contributed by atoms with van der Waals surface area (Å²) in [5, 5.41) is 8.15. The van der Waals surface area contributed by atoms with E-state index in [4.69, 9.17) is 9.15 Å². The Bertz CT molecular complexity index is 723. The Morgan fingerprint density at radius 2 is 1.65 bits per heavy atom. The molecule has 0 unspecified atom stereocenters. The zero-order valence-electron chi connectivity index (χ0n) is 10.7. The quantitative estimate of drug-likeness (QED) is 0.723. The van der Waals surface area contributed by atoms with Crippen molar-refractivity contribution in [2.75, 3.05) is 7.11 Å². The fraction of sp³-hybridized carbons (Fsp3) is 0.0667. The molecule has 0 aliphatic heterocycles. The van der Waals surface area contributed by atoms with Crippen LogP contribution in [-0.4, -0.2) is 17.3 Å². The molecule has 0 fully saturated rings. The number of benzene rings is 2. The van der Waals surface area contributed by atoms with E-state index in [1.807, 2.05) is 48.5 Å². The molecule has 100 valence electrons. The van der Waals surface area contributed by atoms with E-state index in [-0.39, 0.29) is 0 Å². The summed E-state index contributed by atoms with van der Waals surface area (Å²) in [7, 11) is 1.63. The van der Waals surface area contributed by atoms with E-state index in [1.54, 1.807) is 7.11 Å². The number of nitrogens with zero attached hydrogens (tertiary/aromatic N) is 2. The summed E-state index contributed by atoms with van der Waals surface area (Å²) in [5.41, 5.74) is 1.72. The van der Waals surface area contributed by atoms with Crippen LogP contribution in [0.2, 0.25) is 0 Å². The number of hydrogen-bond acceptors (Lipinski definition) is 4. The van der Waals surface area contributed by atoms with Crippen molar-refractivity contribution >= 4 is 15.9 Å². The second kappa shape index (κ2) is 5.46. The lowest BCUT2D eigenvalue weighted by Gasteiger charge is -2.00. The maximum atomic E-state index is 5.70. The molecule has 4 nitrogen and oxygen atoms in total. The molecule has 20 heavy (non-hydrogen) atoms. The standard InChI is InChI=1S/C15H11BrN2O2/c1-19-13-4-2-3-11(9-13)15-18-17-14(20-15)10-5-7-12(16)8-6-10/h2-9H,1H3. The molecule has 0 saturated heterocycles. The Labute approximate surface area is 124 Å². The second-order valence-electron chi connectivity index (χ2n) is 4.15. The molecular weight excluding hydrogens is 320 g/mol. The number of halogens is 1. The molecule has 0 atom stereocenters.